The Morgan fingerprint density at radius 1 is 1.19 bits per heavy atom. The first kappa shape index (κ1) is 19.1. The molecule has 1 fully saturated rings. The number of non-ortho nitro benzene ring substituents is 1. The van der Waals surface area contributed by atoms with Gasteiger partial charge in [0.25, 0.3) is 11.6 Å². The normalized spacial score (nSPS) is 14.8. The van der Waals surface area contributed by atoms with E-state index in [1.54, 1.807) is 17.9 Å². The number of nitrogens with zero attached hydrogens (tertiary/aromatic N) is 3. The Hall–Kier alpha value is -2.67. The highest BCUT2D eigenvalue weighted by molar-refractivity contribution is 6.33. The zero-order valence-corrected chi connectivity index (χ0v) is 15.6. The largest absolute Gasteiger partial charge is 0.368 e. The fourth-order valence-electron chi connectivity index (χ4n) is 3.37. The van der Waals surface area contributed by atoms with Gasteiger partial charge in [0.15, 0.2) is 0 Å². The van der Waals surface area contributed by atoms with E-state index in [9.17, 15) is 19.3 Å². The number of anilines is 1. The van der Waals surface area contributed by atoms with Crippen LogP contribution >= 0.6 is 11.6 Å². The van der Waals surface area contributed by atoms with Crippen LogP contribution in [0.5, 0.6) is 0 Å². The van der Waals surface area contributed by atoms with E-state index in [0.717, 1.165) is 11.3 Å². The van der Waals surface area contributed by atoms with E-state index in [0.29, 0.717) is 43.2 Å². The quantitative estimate of drug-likeness (QED) is 0.584. The number of carbonyl (C=O) groups excluding carboxylic acids is 1. The third-order valence-electron chi connectivity index (χ3n) is 4.62. The second-order valence-corrected chi connectivity index (χ2v) is 6.90. The second kappa shape index (κ2) is 7.92. The molecule has 1 saturated heterocycles. The molecule has 0 aromatic heterocycles. The Morgan fingerprint density at radius 3 is 2.63 bits per heavy atom. The summed E-state index contributed by atoms with van der Waals surface area (Å²) in [6, 6.07) is 8.52. The minimum absolute atomic E-state index is 0.0426. The number of nitro benzene ring substituents is 1. The number of hydrogen-bond donors (Lipinski definition) is 0. The minimum atomic E-state index is -0.468. The van der Waals surface area contributed by atoms with Crippen molar-refractivity contribution in [3.8, 4) is 0 Å². The van der Waals surface area contributed by atoms with Crippen LogP contribution in [0.2, 0.25) is 5.02 Å². The lowest BCUT2D eigenvalue weighted by molar-refractivity contribution is -0.384. The zero-order chi connectivity index (χ0) is 19.6. The highest BCUT2D eigenvalue weighted by atomic mass is 35.5. The van der Waals surface area contributed by atoms with E-state index >= 15 is 0 Å². The highest BCUT2D eigenvalue weighted by Gasteiger charge is 2.24. The van der Waals surface area contributed by atoms with Crippen LogP contribution in [0, 0.1) is 22.9 Å². The van der Waals surface area contributed by atoms with Crippen molar-refractivity contribution < 1.29 is 14.1 Å². The van der Waals surface area contributed by atoms with Gasteiger partial charge in [-0.15, -0.1) is 0 Å². The Bertz CT molecular complexity index is 867. The third kappa shape index (κ3) is 4.19. The van der Waals surface area contributed by atoms with E-state index in [2.05, 4.69) is 0 Å². The van der Waals surface area contributed by atoms with Crippen LogP contribution in [0.1, 0.15) is 22.3 Å². The smallest absolute Gasteiger partial charge is 0.271 e. The van der Waals surface area contributed by atoms with E-state index in [1.807, 2.05) is 4.90 Å². The van der Waals surface area contributed by atoms with Crippen molar-refractivity contribution in [3.05, 3.63) is 68.5 Å². The molecule has 0 N–H and O–H groups in total. The topological polar surface area (TPSA) is 66.7 Å². The van der Waals surface area contributed by atoms with E-state index in [1.165, 1.54) is 30.3 Å². The molecule has 0 spiro atoms. The molecule has 1 heterocycles. The zero-order valence-electron chi connectivity index (χ0n) is 14.8. The summed E-state index contributed by atoms with van der Waals surface area (Å²) < 4.78 is 13.4. The minimum Gasteiger partial charge on any atom is -0.368 e. The maximum Gasteiger partial charge on any atom is 0.271 e. The molecule has 27 heavy (non-hydrogen) atoms. The van der Waals surface area contributed by atoms with Gasteiger partial charge in [-0.25, -0.2) is 4.39 Å². The summed E-state index contributed by atoms with van der Waals surface area (Å²) in [4.78, 5) is 26.9. The SMILES string of the molecule is Cc1cc([N+](=O)[O-])cc(Cl)c1N1CCCN(C(=O)c2cccc(F)c2)CC1. The highest BCUT2D eigenvalue weighted by Crippen LogP contribution is 2.34. The standard InChI is InChI=1S/C19H19ClFN3O3/c1-13-10-16(24(26)27)12-17(20)18(13)22-6-3-7-23(9-8-22)19(25)14-4-2-5-15(21)11-14/h2,4-5,10-12H,3,6-9H2,1H3. The first-order chi connectivity index (χ1) is 12.9. The molecule has 6 nitrogen and oxygen atoms in total. The lowest BCUT2D eigenvalue weighted by Crippen LogP contribution is -2.35. The summed E-state index contributed by atoms with van der Waals surface area (Å²) >= 11 is 6.31. The number of aryl methyl sites for hydroxylation is 1. The number of amides is 1. The van der Waals surface area contributed by atoms with Crippen LogP contribution in [0.3, 0.4) is 0 Å². The summed E-state index contributed by atoms with van der Waals surface area (Å²) in [6.45, 7) is 4.01. The Morgan fingerprint density at radius 2 is 1.96 bits per heavy atom. The molecule has 0 radical (unpaired) electrons. The molecule has 3 rings (SSSR count). The predicted molar refractivity (Wildman–Crippen MR) is 102 cm³/mol. The maximum atomic E-state index is 13.4. The third-order valence-corrected chi connectivity index (χ3v) is 4.91. The van der Waals surface area contributed by atoms with Crippen LogP contribution in [0.15, 0.2) is 36.4 Å². The van der Waals surface area contributed by atoms with Gasteiger partial charge in [0, 0.05) is 43.9 Å². The van der Waals surface area contributed by atoms with Gasteiger partial charge in [0.1, 0.15) is 5.82 Å². The molecular weight excluding hydrogens is 373 g/mol. The number of halogens is 2. The Labute approximate surface area is 161 Å². The summed E-state index contributed by atoms with van der Waals surface area (Å²) in [7, 11) is 0. The van der Waals surface area contributed by atoms with Crippen molar-refractivity contribution >= 4 is 28.9 Å². The van der Waals surface area contributed by atoms with Crippen LogP contribution in [0.25, 0.3) is 0 Å². The second-order valence-electron chi connectivity index (χ2n) is 6.49. The van der Waals surface area contributed by atoms with Gasteiger partial charge in [-0.05, 0) is 37.1 Å². The van der Waals surface area contributed by atoms with Crippen molar-refractivity contribution in [2.45, 2.75) is 13.3 Å². The lowest BCUT2D eigenvalue weighted by atomic mass is 10.1. The molecule has 1 aliphatic heterocycles. The number of hydrogen-bond acceptors (Lipinski definition) is 4. The average Bonchev–Trinajstić information content (AvgIpc) is 2.86. The molecule has 0 aliphatic carbocycles. The molecule has 0 bridgehead atoms. The van der Waals surface area contributed by atoms with Gasteiger partial charge in [-0.3, -0.25) is 14.9 Å². The first-order valence-corrected chi connectivity index (χ1v) is 8.99. The molecule has 2 aromatic carbocycles. The summed E-state index contributed by atoms with van der Waals surface area (Å²) in [5.74, 6) is -0.645. The van der Waals surface area contributed by atoms with Crippen LogP contribution in [0.4, 0.5) is 15.8 Å². The van der Waals surface area contributed by atoms with Crippen molar-refractivity contribution in [3.63, 3.8) is 0 Å². The van der Waals surface area contributed by atoms with Crippen molar-refractivity contribution in [1.29, 1.82) is 0 Å². The molecule has 142 valence electrons. The molecule has 8 heteroatoms. The van der Waals surface area contributed by atoms with Gasteiger partial charge >= 0.3 is 0 Å². The van der Waals surface area contributed by atoms with Gasteiger partial charge in [0.2, 0.25) is 0 Å². The van der Waals surface area contributed by atoms with E-state index in [4.69, 9.17) is 11.6 Å². The number of carbonyl (C=O) groups is 1. The number of rotatable bonds is 3. The molecule has 0 saturated carbocycles. The Kier molecular flexibility index (Phi) is 5.60. The number of nitro groups is 1. The lowest BCUT2D eigenvalue weighted by Gasteiger charge is -2.26. The van der Waals surface area contributed by atoms with E-state index in [-0.39, 0.29) is 11.6 Å². The van der Waals surface area contributed by atoms with Crippen LogP contribution in [-0.4, -0.2) is 41.9 Å². The molecule has 0 atom stereocenters. The van der Waals surface area contributed by atoms with E-state index < -0.39 is 10.7 Å². The summed E-state index contributed by atoms with van der Waals surface area (Å²) in [5, 5.41) is 11.3. The number of benzene rings is 2. The molecule has 0 unspecified atom stereocenters. The Balaban J connectivity index is 1.77. The fraction of sp³-hybridized carbons (Fsp3) is 0.316. The predicted octanol–water partition coefficient (Wildman–Crippen LogP) is 4.05. The van der Waals surface area contributed by atoms with Gasteiger partial charge in [-0.2, -0.15) is 0 Å². The monoisotopic (exact) mass is 391 g/mol. The van der Waals surface area contributed by atoms with Crippen LogP contribution < -0.4 is 4.90 Å². The fourth-order valence-corrected chi connectivity index (χ4v) is 3.75. The van der Waals surface area contributed by atoms with Gasteiger partial charge in [-0.1, -0.05) is 17.7 Å². The van der Waals surface area contributed by atoms with Gasteiger partial charge < -0.3 is 9.80 Å². The molecule has 1 aliphatic rings. The van der Waals surface area contributed by atoms with Crippen LogP contribution in [-0.2, 0) is 0 Å². The van der Waals surface area contributed by atoms with Crippen molar-refractivity contribution in [1.82, 2.24) is 4.90 Å². The average molecular weight is 392 g/mol. The molecular formula is C19H19ClFN3O3. The summed E-state index contributed by atoms with van der Waals surface area (Å²) in [5.41, 5.74) is 1.76. The molecule has 1 amide bonds. The molecule has 2 aromatic rings. The van der Waals surface area contributed by atoms with Crippen molar-refractivity contribution in [2.24, 2.45) is 0 Å². The summed E-state index contributed by atoms with van der Waals surface area (Å²) in [6.07, 6.45) is 0.716. The van der Waals surface area contributed by atoms with Crippen molar-refractivity contribution in [2.75, 3.05) is 31.1 Å². The maximum absolute atomic E-state index is 13.4. The van der Waals surface area contributed by atoms with Gasteiger partial charge in [0.05, 0.1) is 15.6 Å². The first-order valence-electron chi connectivity index (χ1n) is 8.61.